The van der Waals surface area contributed by atoms with Crippen molar-refractivity contribution in [1.29, 1.82) is 0 Å². The minimum atomic E-state index is -1.06. The quantitative estimate of drug-likeness (QED) is 0.778. The number of aliphatic carboxylic acids is 1. The molecule has 0 spiro atoms. The van der Waals surface area contributed by atoms with Crippen molar-refractivity contribution in [2.75, 3.05) is 11.9 Å². The molecule has 2 rings (SSSR count). The lowest BCUT2D eigenvalue weighted by atomic mass is 10.2. The number of carbonyl (C=O) groups is 1. The number of benzene rings is 1. The van der Waals surface area contributed by atoms with Crippen LogP contribution < -0.4 is 10.4 Å². The number of para-hydroxylation sites is 1. The fourth-order valence-corrected chi connectivity index (χ4v) is 2.31. The van der Waals surface area contributed by atoms with Crippen molar-refractivity contribution in [2.24, 2.45) is 0 Å². The van der Waals surface area contributed by atoms with E-state index < -0.39 is 12.0 Å². The highest BCUT2D eigenvalue weighted by Gasteiger charge is 2.27. The monoisotopic (exact) mass is 249 g/mol. The number of carboxylic acids is 1. The van der Waals surface area contributed by atoms with Crippen LogP contribution >= 0.6 is 12.2 Å². The molecule has 4 nitrogen and oxygen atoms in total. The van der Waals surface area contributed by atoms with Gasteiger partial charge < -0.3 is 20.1 Å². The topological polar surface area (TPSA) is 55.4 Å². The van der Waals surface area contributed by atoms with Gasteiger partial charge in [0.15, 0.2) is 5.11 Å². The second-order valence-electron chi connectivity index (χ2n) is 3.97. The van der Waals surface area contributed by atoms with Gasteiger partial charge in [-0.2, -0.15) is 0 Å². The maximum absolute atomic E-state index is 10.9. The van der Waals surface area contributed by atoms with E-state index >= 15 is 0 Å². The lowest BCUT2D eigenvalue weighted by Gasteiger charge is -2.28. The van der Waals surface area contributed by atoms with Gasteiger partial charge in [0, 0.05) is 12.2 Å². The maximum Gasteiger partial charge on any atom is 0.173 e. The molecule has 1 fully saturated rings. The molecule has 0 amide bonds. The number of likely N-dealkylation sites (tertiary alicyclic amines) is 1. The molecule has 1 atom stereocenters. The number of anilines is 1. The van der Waals surface area contributed by atoms with Gasteiger partial charge in [0.05, 0.1) is 12.0 Å². The summed E-state index contributed by atoms with van der Waals surface area (Å²) in [5.74, 6) is -1.06. The largest absolute Gasteiger partial charge is 0.548 e. The number of thiocarbonyl (C=S) groups is 1. The lowest BCUT2D eigenvalue weighted by Crippen LogP contribution is -2.48. The van der Waals surface area contributed by atoms with Gasteiger partial charge in [-0.1, -0.05) is 18.2 Å². The number of hydrogen-bond acceptors (Lipinski definition) is 3. The molecule has 1 heterocycles. The standard InChI is InChI=1S/C12H14N2O2S/c15-11(16)10-7-4-8-14(10)12(17)13-9-5-2-1-3-6-9/h1-3,5-6,10H,4,7-8H2,(H,13,17)(H,15,16)/p-1/t10-/m1/s1. The molecule has 0 unspecified atom stereocenters. The van der Waals surface area contributed by atoms with Crippen LogP contribution in [0.4, 0.5) is 5.69 Å². The van der Waals surface area contributed by atoms with E-state index in [1.165, 1.54) is 0 Å². The average molecular weight is 249 g/mol. The highest BCUT2D eigenvalue weighted by molar-refractivity contribution is 7.80. The van der Waals surface area contributed by atoms with E-state index in [4.69, 9.17) is 12.2 Å². The van der Waals surface area contributed by atoms with Gasteiger partial charge in [-0.15, -0.1) is 0 Å². The number of carboxylic acid groups (broad SMARTS) is 1. The minimum absolute atomic E-state index is 0.447. The molecular formula is C12H13N2O2S-. The van der Waals surface area contributed by atoms with E-state index in [-0.39, 0.29) is 0 Å². The first kappa shape index (κ1) is 11.9. The third-order valence-corrected chi connectivity index (χ3v) is 3.15. The van der Waals surface area contributed by atoms with Crippen LogP contribution in [-0.4, -0.2) is 28.6 Å². The predicted molar refractivity (Wildman–Crippen MR) is 67.4 cm³/mol. The van der Waals surface area contributed by atoms with Crippen molar-refractivity contribution in [3.05, 3.63) is 30.3 Å². The summed E-state index contributed by atoms with van der Waals surface area (Å²) in [6, 6.07) is 8.87. The zero-order chi connectivity index (χ0) is 12.3. The lowest BCUT2D eigenvalue weighted by molar-refractivity contribution is -0.309. The van der Waals surface area contributed by atoms with Crippen molar-refractivity contribution in [3.63, 3.8) is 0 Å². The Kier molecular flexibility index (Phi) is 3.58. The molecule has 1 aliphatic heterocycles. The summed E-state index contributed by atoms with van der Waals surface area (Å²) in [5.41, 5.74) is 0.862. The number of nitrogens with zero attached hydrogens (tertiary/aromatic N) is 1. The first-order valence-electron chi connectivity index (χ1n) is 5.52. The maximum atomic E-state index is 10.9. The summed E-state index contributed by atoms with van der Waals surface area (Å²) in [7, 11) is 0. The van der Waals surface area contributed by atoms with Crippen LogP contribution in [-0.2, 0) is 4.79 Å². The summed E-state index contributed by atoms with van der Waals surface area (Å²) in [5, 5.41) is 14.4. The summed E-state index contributed by atoms with van der Waals surface area (Å²) in [6.45, 7) is 0.664. The van der Waals surface area contributed by atoms with Crippen LogP contribution in [0.5, 0.6) is 0 Å². The van der Waals surface area contributed by atoms with E-state index in [1.807, 2.05) is 30.3 Å². The molecule has 1 aromatic carbocycles. The van der Waals surface area contributed by atoms with E-state index in [0.29, 0.717) is 18.1 Å². The molecule has 1 saturated heterocycles. The van der Waals surface area contributed by atoms with Crippen LogP contribution in [0.3, 0.4) is 0 Å². The number of carbonyl (C=O) groups excluding carboxylic acids is 1. The van der Waals surface area contributed by atoms with Crippen molar-refractivity contribution >= 4 is 29.0 Å². The molecule has 0 aliphatic carbocycles. The summed E-state index contributed by atoms with van der Waals surface area (Å²) in [4.78, 5) is 12.6. The van der Waals surface area contributed by atoms with E-state index in [1.54, 1.807) is 4.90 Å². The SMILES string of the molecule is O=C([O-])[C@H]1CCCN1C(=S)Nc1ccccc1. The first-order chi connectivity index (χ1) is 8.18. The van der Waals surface area contributed by atoms with Gasteiger partial charge in [-0.3, -0.25) is 0 Å². The second kappa shape index (κ2) is 5.14. The van der Waals surface area contributed by atoms with Crippen molar-refractivity contribution < 1.29 is 9.90 Å². The van der Waals surface area contributed by atoms with E-state index in [9.17, 15) is 9.90 Å². The van der Waals surface area contributed by atoms with Crippen LogP contribution in [0.1, 0.15) is 12.8 Å². The molecule has 1 aliphatic rings. The fraction of sp³-hybridized carbons (Fsp3) is 0.333. The molecule has 1 N–H and O–H groups in total. The summed E-state index contributed by atoms with van der Waals surface area (Å²) in [6.07, 6.45) is 1.42. The van der Waals surface area contributed by atoms with Crippen LogP contribution in [0.2, 0.25) is 0 Å². The van der Waals surface area contributed by atoms with Gasteiger partial charge in [0.2, 0.25) is 0 Å². The Balaban J connectivity index is 2.03. The molecule has 1 aromatic rings. The highest BCUT2D eigenvalue weighted by Crippen LogP contribution is 2.18. The number of hydrogen-bond donors (Lipinski definition) is 1. The molecule has 0 radical (unpaired) electrons. The second-order valence-corrected chi connectivity index (χ2v) is 4.35. The van der Waals surface area contributed by atoms with Crippen molar-refractivity contribution in [1.82, 2.24) is 4.90 Å². The zero-order valence-corrected chi connectivity index (χ0v) is 10.1. The Bertz CT molecular complexity index is 422. The predicted octanol–water partition coefficient (Wildman–Crippen LogP) is 0.598. The Morgan fingerprint density at radius 3 is 2.76 bits per heavy atom. The van der Waals surface area contributed by atoms with Gasteiger partial charge in [0.25, 0.3) is 0 Å². The van der Waals surface area contributed by atoms with Crippen LogP contribution in [0.25, 0.3) is 0 Å². The molecular weight excluding hydrogens is 236 g/mol. The molecule has 0 saturated carbocycles. The van der Waals surface area contributed by atoms with Gasteiger partial charge in [-0.05, 0) is 37.2 Å². The minimum Gasteiger partial charge on any atom is -0.548 e. The van der Waals surface area contributed by atoms with Crippen LogP contribution in [0.15, 0.2) is 30.3 Å². The smallest absolute Gasteiger partial charge is 0.173 e. The zero-order valence-electron chi connectivity index (χ0n) is 9.26. The third-order valence-electron chi connectivity index (χ3n) is 2.81. The molecule has 0 aromatic heterocycles. The molecule has 90 valence electrons. The van der Waals surface area contributed by atoms with E-state index in [0.717, 1.165) is 12.1 Å². The third kappa shape index (κ3) is 2.74. The summed E-state index contributed by atoms with van der Waals surface area (Å²) >= 11 is 5.22. The van der Waals surface area contributed by atoms with E-state index in [2.05, 4.69) is 5.32 Å². The highest BCUT2D eigenvalue weighted by atomic mass is 32.1. The Morgan fingerprint density at radius 2 is 2.12 bits per heavy atom. The molecule has 17 heavy (non-hydrogen) atoms. The Hall–Kier alpha value is -1.62. The number of rotatable bonds is 2. The normalized spacial score (nSPS) is 19.1. The summed E-state index contributed by atoms with van der Waals surface area (Å²) < 4.78 is 0. The van der Waals surface area contributed by atoms with Gasteiger partial charge in [0.1, 0.15) is 0 Å². The number of nitrogens with one attached hydrogen (secondary N) is 1. The average Bonchev–Trinajstić information content (AvgIpc) is 2.79. The van der Waals surface area contributed by atoms with Crippen molar-refractivity contribution in [2.45, 2.75) is 18.9 Å². The molecule has 0 bridgehead atoms. The Morgan fingerprint density at radius 1 is 1.41 bits per heavy atom. The first-order valence-corrected chi connectivity index (χ1v) is 5.93. The Labute approximate surface area is 105 Å². The van der Waals surface area contributed by atoms with Gasteiger partial charge in [-0.25, -0.2) is 0 Å². The fourth-order valence-electron chi connectivity index (χ4n) is 1.97. The van der Waals surface area contributed by atoms with Crippen molar-refractivity contribution in [3.8, 4) is 0 Å². The molecule has 5 heteroatoms. The van der Waals surface area contributed by atoms with Crippen LogP contribution in [0, 0.1) is 0 Å². The van der Waals surface area contributed by atoms with Gasteiger partial charge >= 0.3 is 0 Å².